The Bertz CT molecular complexity index is 584. The summed E-state index contributed by atoms with van der Waals surface area (Å²) in [5, 5.41) is 3.39. The fourth-order valence-electron chi connectivity index (χ4n) is 3.03. The molecule has 1 fully saturated rings. The molecule has 0 aliphatic carbocycles. The van der Waals surface area contributed by atoms with E-state index in [1.807, 2.05) is 12.1 Å². The maximum absolute atomic E-state index is 12.2. The molecule has 1 spiro atoms. The number of ether oxygens (including phenoxy) is 1. The minimum atomic E-state index is -3.15. The van der Waals surface area contributed by atoms with Crippen LogP contribution in [-0.4, -0.2) is 33.4 Å². The van der Waals surface area contributed by atoms with Crippen LogP contribution < -0.4 is 5.32 Å². The molecule has 2 atom stereocenters. The molecule has 1 N–H and O–H groups in total. The van der Waals surface area contributed by atoms with E-state index in [2.05, 4.69) is 12.2 Å². The van der Waals surface area contributed by atoms with Gasteiger partial charge in [-0.05, 0) is 18.9 Å². The zero-order valence-electron chi connectivity index (χ0n) is 11.1. The van der Waals surface area contributed by atoms with E-state index in [4.69, 9.17) is 4.74 Å². The van der Waals surface area contributed by atoms with Crippen molar-refractivity contribution < 1.29 is 13.2 Å². The monoisotopic (exact) mass is 281 g/mol. The highest BCUT2D eigenvalue weighted by atomic mass is 32.2. The normalized spacial score (nSPS) is 33.0. The smallest absolute Gasteiger partial charge is 0.178 e. The zero-order valence-corrected chi connectivity index (χ0v) is 11.9. The number of benzene rings is 1. The molecule has 0 amide bonds. The predicted octanol–water partition coefficient (Wildman–Crippen LogP) is 1.46. The SMILES string of the molecule is CCC1CNCC2(CCS(=O)(=O)c3ccccc32)O1. The van der Waals surface area contributed by atoms with Gasteiger partial charge in [-0.2, -0.15) is 0 Å². The first-order valence-electron chi connectivity index (χ1n) is 6.78. The Kier molecular flexibility index (Phi) is 3.15. The van der Waals surface area contributed by atoms with Gasteiger partial charge in [-0.15, -0.1) is 0 Å². The summed E-state index contributed by atoms with van der Waals surface area (Å²) in [7, 11) is -3.15. The molecule has 1 saturated heterocycles. The third-order valence-electron chi connectivity index (χ3n) is 4.12. The van der Waals surface area contributed by atoms with Crippen molar-refractivity contribution in [2.75, 3.05) is 18.8 Å². The first-order chi connectivity index (χ1) is 9.07. The summed E-state index contributed by atoms with van der Waals surface area (Å²) in [4.78, 5) is 0.444. The average Bonchev–Trinajstić information content (AvgIpc) is 2.44. The maximum Gasteiger partial charge on any atom is 0.178 e. The molecular formula is C14H19NO3S. The first-order valence-corrected chi connectivity index (χ1v) is 8.43. The van der Waals surface area contributed by atoms with Crippen molar-refractivity contribution in [1.29, 1.82) is 0 Å². The third kappa shape index (κ3) is 2.10. The standard InChI is InChI=1S/C14H19NO3S/c1-2-11-9-15-10-14(18-11)7-8-19(16,17)13-6-4-3-5-12(13)14/h3-6,11,15H,2,7-10H2,1H3. The van der Waals surface area contributed by atoms with Gasteiger partial charge in [0.25, 0.3) is 0 Å². The van der Waals surface area contributed by atoms with Gasteiger partial charge in [-0.25, -0.2) is 8.42 Å². The Labute approximate surface area is 114 Å². The molecule has 1 aromatic carbocycles. The zero-order chi connectivity index (χ0) is 13.5. The molecule has 0 aromatic heterocycles. The van der Waals surface area contributed by atoms with Gasteiger partial charge in [0, 0.05) is 18.7 Å². The molecule has 3 rings (SSSR count). The van der Waals surface area contributed by atoms with Gasteiger partial charge in [0.1, 0.15) is 5.60 Å². The summed E-state index contributed by atoms with van der Waals surface area (Å²) >= 11 is 0. The Balaban J connectivity index is 2.09. The van der Waals surface area contributed by atoms with Crippen LogP contribution in [0.3, 0.4) is 0 Å². The van der Waals surface area contributed by atoms with Crippen LogP contribution in [0.1, 0.15) is 25.3 Å². The lowest BCUT2D eigenvalue weighted by molar-refractivity contribution is -0.127. The molecule has 5 heteroatoms. The van der Waals surface area contributed by atoms with E-state index in [0.717, 1.165) is 18.5 Å². The van der Waals surface area contributed by atoms with E-state index in [1.165, 1.54) is 0 Å². The molecule has 2 unspecified atom stereocenters. The third-order valence-corrected chi connectivity index (χ3v) is 5.89. The largest absolute Gasteiger partial charge is 0.364 e. The molecule has 19 heavy (non-hydrogen) atoms. The molecule has 104 valence electrons. The van der Waals surface area contributed by atoms with Crippen molar-refractivity contribution >= 4 is 9.84 Å². The lowest BCUT2D eigenvalue weighted by Crippen LogP contribution is -2.54. The number of fused-ring (bicyclic) bond motifs is 2. The molecule has 1 aromatic rings. The highest BCUT2D eigenvalue weighted by molar-refractivity contribution is 7.91. The lowest BCUT2D eigenvalue weighted by atomic mass is 9.88. The van der Waals surface area contributed by atoms with Crippen molar-refractivity contribution in [3.05, 3.63) is 29.8 Å². The molecule has 4 nitrogen and oxygen atoms in total. The van der Waals surface area contributed by atoms with Gasteiger partial charge in [0.2, 0.25) is 0 Å². The summed E-state index contributed by atoms with van der Waals surface area (Å²) in [6.07, 6.45) is 1.63. The first kappa shape index (κ1) is 13.1. The number of rotatable bonds is 1. The van der Waals surface area contributed by atoms with Crippen LogP contribution in [-0.2, 0) is 20.2 Å². The molecular weight excluding hydrogens is 262 g/mol. The van der Waals surface area contributed by atoms with Gasteiger partial charge in [-0.1, -0.05) is 25.1 Å². The highest BCUT2D eigenvalue weighted by Gasteiger charge is 2.45. The number of hydrogen-bond donors (Lipinski definition) is 1. The fraction of sp³-hybridized carbons (Fsp3) is 0.571. The van der Waals surface area contributed by atoms with Crippen LogP contribution in [0.5, 0.6) is 0 Å². The fourth-order valence-corrected chi connectivity index (χ4v) is 4.72. The number of nitrogens with one attached hydrogen (secondary N) is 1. The molecule has 2 heterocycles. The van der Waals surface area contributed by atoms with Crippen molar-refractivity contribution in [1.82, 2.24) is 5.32 Å². The Morgan fingerprint density at radius 2 is 2.21 bits per heavy atom. The van der Waals surface area contributed by atoms with Crippen molar-refractivity contribution in [2.24, 2.45) is 0 Å². The van der Waals surface area contributed by atoms with Gasteiger partial charge in [0.05, 0.1) is 16.8 Å². The van der Waals surface area contributed by atoms with Crippen molar-refractivity contribution in [2.45, 2.75) is 36.4 Å². The topological polar surface area (TPSA) is 55.4 Å². The van der Waals surface area contributed by atoms with Crippen LogP contribution in [0.25, 0.3) is 0 Å². The Hall–Kier alpha value is -0.910. The van der Waals surface area contributed by atoms with Crippen molar-refractivity contribution in [3.63, 3.8) is 0 Å². The second-order valence-corrected chi connectivity index (χ2v) is 7.42. The lowest BCUT2D eigenvalue weighted by Gasteiger charge is -2.44. The van der Waals surface area contributed by atoms with Gasteiger partial charge >= 0.3 is 0 Å². The Morgan fingerprint density at radius 3 is 3.00 bits per heavy atom. The van der Waals surface area contributed by atoms with E-state index in [1.54, 1.807) is 12.1 Å². The van der Waals surface area contributed by atoms with E-state index < -0.39 is 15.4 Å². The molecule has 2 aliphatic heterocycles. The van der Waals surface area contributed by atoms with Crippen LogP contribution >= 0.6 is 0 Å². The number of morpholine rings is 1. The molecule has 0 radical (unpaired) electrons. The minimum absolute atomic E-state index is 0.155. The van der Waals surface area contributed by atoms with Crippen molar-refractivity contribution in [3.8, 4) is 0 Å². The number of hydrogen-bond acceptors (Lipinski definition) is 4. The second-order valence-electron chi connectivity index (χ2n) is 5.34. The molecule has 2 aliphatic rings. The summed E-state index contributed by atoms with van der Waals surface area (Å²) in [5.74, 6) is 0.169. The van der Waals surface area contributed by atoms with E-state index >= 15 is 0 Å². The maximum atomic E-state index is 12.2. The minimum Gasteiger partial charge on any atom is -0.364 e. The predicted molar refractivity (Wildman–Crippen MR) is 72.8 cm³/mol. The average molecular weight is 281 g/mol. The van der Waals surface area contributed by atoms with E-state index in [0.29, 0.717) is 17.9 Å². The summed E-state index contributed by atoms with van der Waals surface area (Å²) < 4.78 is 30.6. The van der Waals surface area contributed by atoms with E-state index in [9.17, 15) is 8.42 Å². The molecule has 0 bridgehead atoms. The van der Waals surface area contributed by atoms with Crippen LogP contribution in [0, 0.1) is 0 Å². The summed E-state index contributed by atoms with van der Waals surface area (Å²) in [6, 6.07) is 7.26. The van der Waals surface area contributed by atoms with Crippen LogP contribution in [0.15, 0.2) is 29.2 Å². The number of sulfone groups is 1. The second kappa shape index (κ2) is 4.58. The van der Waals surface area contributed by atoms with Gasteiger partial charge < -0.3 is 10.1 Å². The van der Waals surface area contributed by atoms with Gasteiger partial charge in [0.15, 0.2) is 9.84 Å². The molecule has 0 saturated carbocycles. The summed E-state index contributed by atoms with van der Waals surface area (Å²) in [5.41, 5.74) is 0.354. The highest BCUT2D eigenvalue weighted by Crippen LogP contribution is 2.41. The van der Waals surface area contributed by atoms with Gasteiger partial charge in [-0.3, -0.25) is 0 Å². The Morgan fingerprint density at radius 1 is 1.42 bits per heavy atom. The van der Waals surface area contributed by atoms with E-state index in [-0.39, 0.29) is 11.9 Å². The van der Waals surface area contributed by atoms with Crippen LogP contribution in [0.2, 0.25) is 0 Å². The quantitative estimate of drug-likeness (QED) is 0.846. The van der Waals surface area contributed by atoms with Crippen LogP contribution in [0.4, 0.5) is 0 Å². The summed E-state index contributed by atoms with van der Waals surface area (Å²) in [6.45, 7) is 3.63.